The molecule has 0 aliphatic heterocycles. The summed E-state index contributed by atoms with van der Waals surface area (Å²) in [6.07, 6.45) is 8.05. The first-order chi connectivity index (χ1) is 8.24. The molecule has 2 saturated carbocycles. The molecule has 1 aromatic rings. The quantitative estimate of drug-likeness (QED) is 0.816. The van der Waals surface area contributed by atoms with E-state index in [-0.39, 0.29) is 0 Å². The van der Waals surface area contributed by atoms with Crippen molar-refractivity contribution in [3.05, 3.63) is 17.5 Å². The lowest BCUT2D eigenvalue weighted by Gasteiger charge is -2.15. The van der Waals surface area contributed by atoms with Crippen LogP contribution in [0.2, 0.25) is 0 Å². The Morgan fingerprint density at radius 1 is 1.35 bits per heavy atom. The standard InChI is InChI=1S/C14H23N3/c1-10-13(9-17(2)16-10)7-15-8-14(11-3-4-11)12-5-6-12/h9,11-12,14-15H,3-8H2,1-2H3. The van der Waals surface area contributed by atoms with Crippen molar-refractivity contribution in [1.82, 2.24) is 15.1 Å². The summed E-state index contributed by atoms with van der Waals surface area (Å²) in [7, 11) is 1.99. The number of hydrogen-bond donors (Lipinski definition) is 1. The Morgan fingerprint density at radius 2 is 2.00 bits per heavy atom. The van der Waals surface area contributed by atoms with Crippen LogP contribution in [0.1, 0.15) is 36.9 Å². The highest BCUT2D eigenvalue weighted by atomic mass is 15.2. The zero-order valence-corrected chi connectivity index (χ0v) is 10.9. The van der Waals surface area contributed by atoms with Crippen LogP contribution < -0.4 is 5.32 Å². The number of nitrogens with zero attached hydrogens (tertiary/aromatic N) is 2. The predicted molar refractivity (Wildman–Crippen MR) is 68.6 cm³/mol. The highest BCUT2D eigenvalue weighted by Gasteiger charge is 2.40. The maximum atomic E-state index is 4.38. The molecule has 2 aliphatic rings. The lowest BCUT2D eigenvalue weighted by atomic mass is 9.98. The summed E-state index contributed by atoms with van der Waals surface area (Å²) in [5.74, 6) is 3.06. The molecule has 17 heavy (non-hydrogen) atoms. The van der Waals surface area contributed by atoms with Crippen LogP contribution in [0, 0.1) is 24.7 Å². The van der Waals surface area contributed by atoms with Gasteiger partial charge in [0.15, 0.2) is 0 Å². The van der Waals surface area contributed by atoms with Gasteiger partial charge in [-0.2, -0.15) is 5.10 Å². The Hall–Kier alpha value is -0.830. The second-order valence-corrected chi connectivity index (χ2v) is 5.88. The Morgan fingerprint density at radius 3 is 2.47 bits per heavy atom. The van der Waals surface area contributed by atoms with Crippen LogP contribution in [0.3, 0.4) is 0 Å². The van der Waals surface area contributed by atoms with Gasteiger partial charge in [0.1, 0.15) is 0 Å². The van der Waals surface area contributed by atoms with Gasteiger partial charge in [-0.05, 0) is 56.9 Å². The lowest BCUT2D eigenvalue weighted by molar-refractivity contribution is 0.378. The van der Waals surface area contributed by atoms with Gasteiger partial charge in [0, 0.05) is 25.4 Å². The van der Waals surface area contributed by atoms with Crippen molar-refractivity contribution < 1.29 is 0 Å². The van der Waals surface area contributed by atoms with E-state index in [0.29, 0.717) is 0 Å². The van der Waals surface area contributed by atoms with E-state index in [4.69, 9.17) is 0 Å². The van der Waals surface area contributed by atoms with Crippen LogP contribution in [0.4, 0.5) is 0 Å². The lowest BCUT2D eigenvalue weighted by Crippen LogP contribution is -2.25. The summed E-state index contributed by atoms with van der Waals surface area (Å²) < 4.78 is 1.91. The number of nitrogens with one attached hydrogen (secondary N) is 1. The summed E-state index contributed by atoms with van der Waals surface area (Å²) in [6.45, 7) is 4.29. The molecule has 0 radical (unpaired) electrons. The molecule has 1 N–H and O–H groups in total. The summed E-state index contributed by atoms with van der Waals surface area (Å²) in [6, 6.07) is 0. The van der Waals surface area contributed by atoms with Gasteiger partial charge < -0.3 is 5.32 Å². The van der Waals surface area contributed by atoms with Crippen LogP contribution in [0.5, 0.6) is 0 Å². The molecule has 3 rings (SSSR count). The van der Waals surface area contributed by atoms with Crippen LogP contribution in [0.25, 0.3) is 0 Å². The highest BCUT2D eigenvalue weighted by molar-refractivity contribution is 5.14. The van der Waals surface area contributed by atoms with E-state index in [2.05, 4.69) is 23.5 Å². The van der Waals surface area contributed by atoms with Gasteiger partial charge >= 0.3 is 0 Å². The van der Waals surface area contributed by atoms with Crippen LogP contribution in [-0.2, 0) is 13.6 Å². The summed E-state index contributed by atoms with van der Waals surface area (Å²) >= 11 is 0. The van der Waals surface area contributed by atoms with Gasteiger partial charge in [0.25, 0.3) is 0 Å². The zero-order valence-electron chi connectivity index (χ0n) is 10.9. The van der Waals surface area contributed by atoms with Crippen molar-refractivity contribution >= 4 is 0 Å². The van der Waals surface area contributed by atoms with Gasteiger partial charge in [-0.1, -0.05) is 0 Å². The van der Waals surface area contributed by atoms with Crippen molar-refractivity contribution in [2.75, 3.05) is 6.54 Å². The average molecular weight is 233 g/mol. The molecule has 0 aromatic carbocycles. The van der Waals surface area contributed by atoms with E-state index >= 15 is 0 Å². The van der Waals surface area contributed by atoms with E-state index in [9.17, 15) is 0 Å². The number of rotatable bonds is 6. The molecular formula is C14H23N3. The maximum absolute atomic E-state index is 4.38. The van der Waals surface area contributed by atoms with Crippen molar-refractivity contribution in [3.63, 3.8) is 0 Å². The molecule has 0 spiro atoms. The largest absolute Gasteiger partial charge is 0.312 e. The first kappa shape index (κ1) is 11.3. The molecule has 1 aromatic heterocycles. The molecule has 0 saturated heterocycles. The second-order valence-electron chi connectivity index (χ2n) is 5.88. The fourth-order valence-electron chi connectivity index (χ4n) is 2.96. The summed E-state index contributed by atoms with van der Waals surface area (Å²) in [5.41, 5.74) is 2.51. The Bertz CT molecular complexity index is 376. The van der Waals surface area contributed by atoms with Gasteiger partial charge in [0.05, 0.1) is 5.69 Å². The topological polar surface area (TPSA) is 29.9 Å². The van der Waals surface area contributed by atoms with Crippen molar-refractivity contribution in [2.45, 2.75) is 39.2 Å². The zero-order chi connectivity index (χ0) is 11.8. The van der Waals surface area contributed by atoms with Crippen molar-refractivity contribution in [3.8, 4) is 0 Å². The van der Waals surface area contributed by atoms with Gasteiger partial charge in [-0.15, -0.1) is 0 Å². The third kappa shape index (κ3) is 2.71. The molecule has 1 heterocycles. The highest BCUT2D eigenvalue weighted by Crippen LogP contribution is 2.48. The SMILES string of the molecule is Cc1nn(C)cc1CNCC(C1CC1)C1CC1. The Balaban J connectivity index is 1.49. The molecule has 2 fully saturated rings. The fourth-order valence-corrected chi connectivity index (χ4v) is 2.96. The molecule has 0 bridgehead atoms. The number of hydrogen-bond acceptors (Lipinski definition) is 2. The third-order valence-electron chi connectivity index (χ3n) is 4.27. The molecule has 0 unspecified atom stereocenters. The van der Waals surface area contributed by atoms with Crippen molar-refractivity contribution in [1.29, 1.82) is 0 Å². The third-order valence-corrected chi connectivity index (χ3v) is 4.27. The van der Waals surface area contributed by atoms with Crippen LogP contribution in [0.15, 0.2) is 6.20 Å². The van der Waals surface area contributed by atoms with Crippen LogP contribution >= 0.6 is 0 Å². The average Bonchev–Trinajstić information content (AvgIpc) is 3.14. The first-order valence-corrected chi connectivity index (χ1v) is 6.94. The maximum Gasteiger partial charge on any atom is 0.0638 e. The molecule has 0 amide bonds. The van der Waals surface area contributed by atoms with E-state index < -0.39 is 0 Å². The van der Waals surface area contributed by atoms with E-state index in [0.717, 1.165) is 30.0 Å². The molecule has 3 nitrogen and oxygen atoms in total. The summed E-state index contributed by atoms with van der Waals surface area (Å²) in [4.78, 5) is 0. The van der Waals surface area contributed by atoms with Crippen LogP contribution in [-0.4, -0.2) is 16.3 Å². The minimum Gasteiger partial charge on any atom is -0.312 e. The van der Waals surface area contributed by atoms with Gasteiger partial charge in [0.2, 0.25) is 0 Å². The predicted octanol–water partition coefficient (Wildman–Crippen LogP) is 2.25. The van der Waals surface area contributed by atoms with Gasteiger partial charge in [-0.3, -0.25) is 4.68 Å². The van der Waals surface area contributed by atoms with Crippen molar-refractivity contribution in [2.24, 2.45) is 24.8 Å². The normalized spacial score (nSPS) is 20.2. The second kappa shape index (κ2) is 4.45. The van der Waals surface area contributed by atoms with E-state index in [1.54, 1.807) is 0 Å². The first-order valence-electron chi connectivity index (χ1n) is 6.94. The minimum absolute atomic E-state index is 0.965. The molecule has 2 aliphatic carbocycles. The Kier molecular flexibility index (Phi) is 2.95. The Labute approximate surface area is 104 Å². The van der Waals surface area contributed by atoms with Gasteiger partial charge in [-0.25, -0.2) is 0 Å². The number of aromatic nitrogens is 2. The van der Waals surface area contributed by atoms with E-state index in [1.807, 2.05) is 11.7 Å². The smallest absolute Gasteiger partial charge is 0.0638 e. The summed E-state index contributed by atoms with van der Waals surface area (Å²) in [5, 5.41) is 8.03. The molecule has 3 heteroatoms. The van der Waals surface area contributed by atoms with E-state index in [1.165, 1.54) is 37.8 Å². The molecule has 0 atom stereocenters. The fraction of sp³-hybridized carbons (Fsp3) is 0.786. The minimum atomic E-state index is 0.965. The molecule has 94 valence electrons. The number of aryl methyl sites for hydroxylation is 2. The molecular weight excluding hydrogens is 210 g/mol. The monoisotopic (exact) mass is 233 g/mol.